The van der Waals surface area contributed by atoms with Gasteiger partial charge in [0.1, 0.15) is 24.9 Å². The first-order chi connectivity index (χ1) is 14.8. The second-order valence-corrected chi connectivity index (χ2v) is 9.23. The predicted octanol–water partition coefficient (Wildman–Crippen LogP) is 1.99. The van der Waals surface area contributed by atoms with E-state index in [0.717, 1.165) is 18.4 Å². The third-order valence-electron chi connectivity index (χ3n) is 6.13. The third-order valence-corrected chi connectivity index (χ3v) is 6.36. The maximum absolute atomic E-state index is 14.2. The average Bonchev–Trinajstić information content (AvgIpc) is 3.12. The van der Waals surface area contributed by atoms with Gasteiger partial charge in [-0.2, -0.15) is 5.10 Å². The van der Waals surface area contributed by atoms with Crippen molar-refractivity contribution in [3.8, 4) is 5.69 Å². The van der Waals surface area contributed by atoms with E-state index in [1.165, 1.54) is 11.2 Å². The molecule has 1 aliphatic heterocycles. The molecule has 3 N–H and O–H groups in total. The zero-order valence-electron chi connectivity index (χ0n) is 17.3. The van der Waals surface area contributed by atoms with Gasteiger partial charge in [-0.15, -0.1) is 0 Å². The molecule has 2 fully saturated rings. The predicted molar refractivity (Wildman–Crippen MR) is 113 cm³/mol. The Bertz CT molecular complexity index is 965. The summed E-state index contributed by atoms with van der Waals surface area (Å²) in [4.78, 5) is 31.0. The van der Waals surface area contributed by atoms with Crippen LogP contribution in [-0.2, 0) is 16.1 Å². The Morgan fingerprint density at radius 3 is 2.87 bits per heavy atom. The van der Waals surface area contributed by atoms with Crippen molar-refractivity contribution in [2.45, 2.75) is 57.4 Å². The summed E-state index contributed by atoms with van der Waals surface area (Å²) in [6.45, 7) is 2.13. The molecule has 1 saturated heterocycles. The van der Waals surface area contributed by atoms with Crippen LogP contribution in [0.1, 0.15) is 38.2 Å². The van der Waals surface area contributed by atoms with Crippen molar-refractivity contribution in [2.75, 3.05) is 6.54 Å². The van der Waals surface area contributed by atoms with Crippen LogP contribution in [0, 0.1) is 5.41 Å². The first-order valence-corrected chi connectivity index (χ1v) is 10.7. The monoisotopic (exact) mass is 448 g/mol. The molecule has 1 aromatic heterocycles. The lowest BCUT2D eigenvalue weighted by molar-refractivity contribution is -0.139. The Hall–Kier alpha value is -2.52. The molecule has 2 amide bonds. The van der Waals surface area contributed by atoms with Gasteiger partial charge in [-0.3, -0.25) is 9.59 Å². The fraction of sp³-hybridized carbons (Fsp3) is 0.524. The fourth-order valence-corrected chi connectivity index (χ4v) is 4.27. The normalized spacial score (nSPS) is 22.9. The van der Waals surface area contributed by atoms with Crippen LogP contribution in [0.25, 0.3) is 5.69 Å². The second kappa shape index (κ2) is 8.55. The van der Waals surface area contributed by atoms with E-state index in [1.807, 2.05) is 0 Å². The van der Waals surface area contributed by atoms with Gasteiger partial charge in [0.2, 0.25) is 11.8 Å². The topological polar surface area (TPSA) is 106 Å². The number of carbonyl (C=O) groups is 2. The smallest absolute Gasteiger partial charge is 0.243 e. The fourth-order valence-electron chi connectivity index (χ4n) is 4.08. The number of nitrogens with zero attached hydrogens (tertiary/aromatic N) is 4. The van der Waals surface area contributed by atoms with E-state index >= 15 is 0 Å². The minimum Gasteiger partial charge on any atom is -0.350 e. The Balaban J connectivity index is 1.44. The zero-order chi connectivity index (χ0) is 22.2. The highest BCUT2D eigenvalue weighted by molar-refractivity contribution is 6.30. The van der Waals surface area contributed by atoms with Gasteiger partial charge in [-0.05, 0) is 48.4 Å². The van der Waals surface area contributed by atoms with Crippen molar-refractivity contribution in [1.82, 2.24) is 25.0 Å². The summed E-state index contributed by atoms with van der Waals surface area (Å²) in [5, 5.41) is 7.44. The molecular formula is C21H26ClFN6O2. The van der Waals surface area contributed by atoms with E-state index < -0.39 is 24.2 Å². The van der Waals surface area contributed by atoms with E-state index in [-0.39, 0.29) is 30.8 Å². The van der Waals surface area contributed by atoms with E-state index in [1.54, 1.807) is 29.2 Å². The molecule has 3 atom stereocenters. The lowest BCUT2D eigenvalue weighted by Crippen LogP contribution is -2.51. The SMILES string of the molecule is CC1(C[C@@H](N)C(=O)N2C[C@H](F)C[C@H]2C(=O)NCc2cc(Cl)ccc2-n2cncn2)CC1. The van der Waals surface area contributed by atoms with Gasteiger partial charge >= 0.3 is 0 Å². The van der Waals surface area contributed by atoms with E-state index in [9.17, 15) is 14.0 Å². The maximum atomic E-state index is 14.2. The number of alkyl halides is 1. The second-order valence-electron chi connectivity index (χ2n) is 8.79. The number of benzene rings is 1. The molecule has 31 heavy (non-hydrogen) atoms. The lowest BCUT2D eigenvalue weighted by atomic mass is 9.98. The van der Waals surface area contributed by atoms with E-state index in [4.69, 9.17) is 17.3 Å². The molecule has 4 rings (SSSR count). The van der Waals surface area contributed by atoms with E-state index in [2.05, 4.69) is 22.3 Å². The molecule has 8 nitrogen and oxygen atoms in total. The summed E-state index contributed by atoms with van der Waals surface area (Å²) in [5.41, 5.74) is 7.63. The Labute approximate surface area is 184 Å². The number of aromatic nitrogens is 3. The van der Waals surface area contributed by atoms with Crippen molar-refractivity contribution in [3.05, 3.63) is 41.4 Å². The van der Waals surface area contributed by atoms with Gasteiger partial charge in [-0.1, -0.05) is 18.5 Å². The summed E-state index contributed by atoms with van der Waals surface area (Å²) in [6, 6.07) is 3.62. The molecule has 1 aromatic carbocycles. The minimum absolute atomic E-state index is 0.0347. The van der Waals surface area contributed by atoms with Gasteiger partial charge in [0, 0.05) is 18.0 Å². The molecule has 1 saturated carbocycles. The highest BCUT2D eigenvalue weighted by Gasteiger charge is 2.44. The Morgan fingerprint density at radius 1 is 1.42 bits per heavy atom. The number of halogens is 2. The van der Waals surface area contributed by atoms with Gasteiger partial charge in [-0.25, -0.2) is 14.1 Å². The maximum Gasteiger partial charge on any atom is 0.243 e. The standard InChI is InChI=1S/C21H26ClFN6O2/c1-21(4-5-21)8-16(24)20(31)28-10-15(23)7-18(28)19(30)26-9-13-6-14(22)2-3-17(13)29-12-25-11-27-29/h2-3,6,11-12,15-16,18H,4-5,7-10,24H2,1H3,(H,26,30)/t15-,16-,18+/m1/s1. The van der Waals surface area contributed by atoms with Gasteiger partial charge < -0.3 is 16.0 Å². The van der Waals surface area contributed by atoms with Crippen molar-refractivity contribution in [2.24, 2.45) is 11.1 Å². The lowest BCUT2D eigenvalue weighted by Gasteiger charge is -2.27. The summed E-state index contributed by atoms with van der Waals surface area (Å²) >= 11 is 6.12. The molecule has 0 radical (unpaired) electrons. The average molecular weight is 449 g/mol. The van der Waals surface area contributed by atoms with Crippen molar-refractivity contribution in [1.29, 1.82) is 0 Å². The Morgan fingerprint density at radius 2 is 2.19 bits per heavy atom. The van der Waals surface area contributed by atoms with Crippen LogP contribution in [-0.4, -0.2) is 56.3 Å². The molecule has 1 aliphatic carbocycles. The molecular weight excluding hydrogens is 423 g/mol. The van der Waals surface area contributed by atoms with Crippen LogP contribution >= 0.6 is 11.6 Å². The van der Waals surface area contributed by atoms with Gasteiger partial charge in [0.15, 0.2) is 0 Å². The van der Waals surface area contributed by atoms with Gasteiger partial charge in [0.05, 0.1) is 18.3 Å². The van der Waals surface area contributed by atoms with Crippen LogP contribution < -0.4 is 11.1 Å². The minimum atomic E-state index is -1.25. The number of hydrogen-bond acceptors (Lipinski definition) is 5. The molecule has 2 aliphatic rings. The summed E-state index contributed by atoms with van der Waals surface area (Å²) < 4.78 is 15.7. The van der Waals surface area contributed by atoms with Crippen LogP contribution in [0.2, 0.25) is 5.02 Å². The first-order valence-electron chi connectivity index (χ1n) is 10.4. The van der Waals surface area contributed by atoms with Crippen LogP contribution in [0.15, 0.2) is 30.9 Å². The number of nitrogens with one attached hydrogen (secondary N) is 1. The highest BCUT2D eigenvalue weighted by Crippen LogP contribution is 2.48. The highest BCUT2D eigenvalue weighted by atomic mass is 35.5. The third kappa shape index (κ3) is 4.88. The molecule has 2 aromatic rings. The molecule has 0 bridgehead atoms. The number of rotatable bonds is 7. The van der Waals surface area contributed by atoms with E-state index in [0.29, 0.717) is 17.1 Å². The number of amides is 2. The number of carbonyl (C=O) groups excluding carboxylic acids is 2. The summed E-state index contributed by atoms with van der Waals surface area (Å²) in [7, 11) is 0. The number of nitrogens with two attached hydrogens (primary N) is 1. The van der Waals surface area contributed by atoms with Crippen molar-refractivity contribution < 1.29 is 14.0 Å². The molecule has 166 valence electrons. The zero-order valence-corrected chi connectivity index (χ0v) is 18.1. The summed E-state index contributed by atoms with van der Waals surface area (Å²) in [5.74, 6) is -0.776. The molecule has 0 spiro atoms. The van der Waals surface area contributed by atoms with Crippen molar-refractivity contribution >= 4 is 23.4 Å². The Kier molecular flexibility index (Phi) is 5.98. The quantitative estimate of drug-likeness (QED) is 0.673. The molecule has 10 heteroatoms. The van der Waals surface area contributed by atoms with Gasteiger partial charge in [0.25, 0.3) is 0 Å². The largest absolute Gasteiger partial charge is 0.350 e. The first kappa shape index (κ1) is 21.7. The molecule has 2 heterocycles. The summed E-state index contributed by atoms with van der Waals surface area (Å²) in [6.07, 6.45) is 4.30. The molecule has 0 unspecified atom stereocenters. The van der Waals surface area contributed by atoms with Crippen molar-refractivity contribution in [3.63, 3.8) is 0 Å². The van der Waals surface area contributed by atoms with Crippen LogP contribution in [0.4, 0.5) is 4.39 Å². The van der Waals surface area contributed by atoms with Crippen LogP contribution in [0.3, 0.4) is 0 Å². The number of hydrogen-bond donors (Lipinski definition) is 2. The number of likely N-dealkylation sites (tertiary alicyclic amines) is 1. The van der Waals surface area contributed by atoms with Crippen LogP contribution in [0.5, 0.6) is 0 Å².